The van der Waals surface area contributed by atoms with E-state index in [1.807, 2.05) is 0 Å². The summed E-state index contributed by atoms with van der Waals surface area (Å²) < 4.78 is 23.5. The minimum Gasteiger partial charge on any atom is -0.324 e. The molecule has 0 spiro atoms. The zero-order valence-corrected chi connectivity index (χ0v) is 12.7. The lowest BCUT2D eigenvalue weighted by Gasteiger charge is -2.47. The maximum atomic E-state index is 11.8. The van der Waals surface area contributed by atoms with Crippen molar-refractivity contribution in [1.82, 2.24) is 0 Å². The largest absolute Gasteiger partial charge is 0.324 e. The molecule has 0 bridgehead atoms. The summed E-state index contributed by atoms with van der Waals surface area (Å²) in [5, 5.41) is -0.159. The van der Waals surface area contributed by atoms with Gasteiger partial charge in [0.25, 0.3) is 0 Å². The zero-order valence-electron chi connectivity index (χ0n) is 11.9. The highest BCUT2D eigenvalue weighted by Gasteiger charge is 2.51. The molecule has 2 aliphatic carbocycles. The van der Waals surface area contributed by atoms with Crippen molar-refractivity contribution < 1.29 is 8.42 Å². The first kappa shape index (κ1) is 14.3. The van der Waals surface area contributed by atoms with Gasteiger partial charge in [0.2, 0.25) is 0 Å². The van der Waals surface area contributed by atoms with E-state index in [9.17, 15) is 8.42 Å². The van der Waals surface area contributed by atoms with Gasteiger partial charge < -0.3 is 5.73 Å². The van der Waals surface area contributed by atoms with E-state index in [-0.39, 0.29) is 16.2 Å². The highest BCUT2D eigenvalue weighted by atomic mass is 32.2. The van der Waals surface area contributed by atoms with Crippen LogP contribution in [0.3, 0.4) is 0 Å². The standard InChI is InChI=1S/C14H27NO2S/c1-13(2)8-5-9-14(13,15)11-6-4-7-12(10-11)18(3,16)17/h11-12H,4-10,15H2,1-3H3. The number of nitrogens with two attached hydrogens (primary N) is 1. The van der Waals surface area contributed by atoms with E-state index >= 15 is 0 Å². The van der Waals surface area contributed by atoms with Crippen molar-refractivity contribution in [3.63, 3.8) is 0 Å². The lowest BCUT2D eigenvalue weighted by molar-refractivity contribution is 0.102. The highest BCUT2D eigenvalue weighted by Crippen LogP contribution is 2.52. The van der Waals surface area contributed by atoms with E-state index in [4.69, 9.17) is 5.73 Å². The minimum atomic E-state index is -2.91. The predicted molar refractivity (Wildman–Crippen MR) is 75.1 cm³/mol. The van der Waals surface area contributed by atoms with Crippen LogP contribution in [0.15, 0.2) is 0 Å². The van der Waals surface area contributed by atoms with Crippen LogP contribution in [0.1, 0.15) is 58.8 Å². The first-order valence-corrected chi connectivity index (χ1v) is 9.10. The third-order valence-electron chi connectivity index (χ3n) is 5.61. The smallest absolute Gasteiger partial charge is 0.150 e. The molecule has 0 amide bonds. The van der Waals surface area contributed by atoms with Gasteiger partial charge in [0.05, 0.1) is 5.25 Å². The Morgan fingerprint density at radius 1 is 1.11 bits per heavy atom. The summed E-state index contributed by atoms with van der Waals surface area (Å²) >= 11 is 0. The molecule has 0 saturated heterocycles. The maximum absolute atomic E-state index is 11.8. The molecular formula is C14H27NO2S. The van der Waals surface area contributed by atoms with Gasteiger partial charge in [-0.25, -0.2) is 8.42 Å². The van der Waals surface area contributed by atoms with Crippen molar-refractivity contribution in [2.24, 2.45) is 17.1 Å². The van der Waals surface area contributed by atoms with Crippen LogP contribution in [0, 0.1) is 11.3 Å². The first-order valence-electron chi connectivity index (χ1n) is 7.14. The molecule has 2 fully saturated rings. The summed E-state index contributed by atoms with van der Waals surface area (Å²) in [6.45, 7) is 4.51. The number of rotatable bonds is 2. The second-order valence-corrected chi connectivity index (χ2v) is 9.42. The van der Waals surface area contributed by atoms with E-state index in [1.165, 1.54) is 19.1 Å². The van der Waals surface area contributed by atoms with E-state index in [0.717, 1.165) is 32.1 Å². The molecular weight excluding hydrogens is 246 g/mol. The minimum absolute atomic E-state index is 0.150. The lowest BCUT2D eigenvalue weighted by Crippen LogP contribution is -2.56. The molecule has 18 heavy (non-hydrogen) atoms. The molecule has 0 aliphatic heterocycles. The van der Waals surface area contributed by atoms with Crippen LogP contribution in [0.4, 0.5) is 0 Å². The molecule has 0 radical (unpaired) electrons. The number of hydrogen-bond acceptors (Lipinski definition) is 3. The van der Waals surface area contributed by atoms with E-state index < -0.39 is 9.84 Å². The molecule has 0 aromatic heterocycles. The van der Waals surface area contributed by atoms with Crippen molar-refractivity contribution in [3.05, 3.63) is 0 Å². The highest BCUT2D eigenvalue weighted by molar-refractivity contribution is 7.91. The van der Waals surface area contributed by atoms with Crippen LogP contribution in [-0.4, -0.2) is 25.5 Å². The third kappa shape index (κ3) is 2.34. The SMILES string of the molecule is CC1(C)CCCC1(N)C1CCCC(S(C)(=O)=O)C1. The van der Waals surface area contributed by atoms with Gasteiger partial charge in [-0.2, -0.15) is 0 Å². The van der Waals surface area contributed by atoms with E-state index in [1.54, 1.807) is 0 Å². The van der Waals surface area contributed by atoms with Crippen LogP contribution < -0.4 is 5.73 Å². The van der Waals surface area contributed by atoms with Gasteiger partial charge in [-0.05, 0) is 43.4 Å². The van der Waals surface area contributed by atoms with Crippen molar-refractivity contribution >= 4 is 9.84 Å². The fourth-order valence-corrected chi connectivity index (χ4v) is 5.33. The molecule has 3 unspecified atom stereocenters. The summed E-state index contributed by atoms with van der Waals surface area (Å²) in [5.41, 5.74) is 6.72. The third-order valence-corrected chi connectivity index (χ3v) is 7.25. The molecule has 0 aromatic rings. The van der Waals surface area contributed by atoms with Gasteiger partial charge in [0.15, 0.2) is 0 Å². The van der Waals surface area contributed by atoms with Gasteiger partial charge in [0.1, 0.15) is 9.84 Å². The predicted octanol–water partition coefficient (Wildman–Crippen LogP) is 2.50. The molecule has 2 rings (SSSR count). The quantitative estimate of drug-likeness (QED) is 0.841. The lowest BCUT2D eigenvalue weighted by atomic mass is 9.64. The fraction of sp³-hybridized carbons (Fsp3) is 1.00. The average molecular weight is 273 g/mol. The number of hydrogen-bond donors (Lipinski definition) is 1. The van der Waals surface area contributed by atoms with Crippen LogP contribution in [0.5, 0.6) is 0 Å². The second-order valence-electron chi connectivity index (χ2n) is 7.09. The summed E-state index contributed by atoms with van der Waals surface area (Å²) in [6.07, 6.45) is 8.51. The van der Waals surface area contributed by atoms with Crippen molar-refractivity contribution in [2.75, 3.05) is 6.26 Å². The van der Waals surface area contributed by atoms with Crippen molar-refractivity contribution in [1.29, 1.82) is 0 Å². The Balaban J connectivity index is 2.19. The Morgan fingerprint density at radius 2 is 1.78 bits per heavy atom. The zero-order chi connectivity index (χ0) is 13.6. The second kappa shape index (κ2) is 4.48. The van der Waals surface area contributed by atoms with Gasteiger partial charge in [-0.1, -0.05) is 26.7 Å². The molecule has 2 aliphatic rings. The number of sulfone groups is 1. The van der Waals surface area contributed by atoms with Gasteiger partial charge in [0, 0.05) is 11.8 Å². The normalized spacial score (nSPS) is 40.9. The molecule has 0 aromatic carbocycles. The molecule has 3 nitrogen and oxygen atoms in total. The fourth-order valence-electron chi connectivity index (χ4n) is 4.15. The monoisotopic (exact) mass is 273 g/mol. The Labute approximate surface area is 111 Å². The summed E-state index contributed by atoms with van der Waals surface area (Å²) in [6, 6.07) is 0. The Hall–Kier alpha value is -0.0900. The van der Waals surface area contributed by atoms with Crippen molar-refractivity contribution in [3.8, 4) is 0 Å². The Kier molecular flexibility index (Phi) is 3.56. The van der Waals surface area contributed by atoms with E-state index in [2.05, 4.69) is 13.8 Å². The molecule has 3 atom stereocenters. The summed E-state index contributed by atoms with van der Waals surface area (Å²) in [4.78, 5) is 0. The average Bonchev–Trinajstić information content (AvgIpc) is 2.54. The Bertz CT molecular complexity index is 416. The summed E-state index contributed by atoms with van der Waals surface area (Å²) in [5.74, 6) is 0.378. The molecule has 2 N–H and O–H groups in total. The van der Waals surface area contributed by atoms with Crippen molar-refractivity contribution in [2.45, 2.75) is 69.6 Å². The van der Waals surface area contributed by atoms with Crippen LogP contribution >= 0.6 is 0 Å². The topological polar surface area (TPSA) is 60.2 Å². The van der Waals surface area contributed by atoms with E-state index in [0.29, 0.717) is 5.92 Å². The van der Waals surface area contributed by atoms with Gasteiger partial charge >= 0.3 is 0 Å². The molecule has 2 saturated carbocycles. The molecule has 106 valence electrons. The Morgan fingerprint density at radius 3 is 2.28 bits per heavy atom. The molecule has 0 heterocycles. The van der Waals surface area contributed by atoms with Gasteiger partial charge in [-0.3, -0.25) is 0 Å². The molecule has 4 heteroatoms. The van der Waals surface area contributed by atoms with Gasteiger partial charge in [-0.15, -0.1) is 0 Å². The summed E-state index contributed by atoms with van der Waals surface area (Å²) in [7, 11) is -2.91. The maximum Gasteiger partial charge on any atom is 0.150 e. The van der Waals surface area contributed by atoms with Crippen LogP contribution in [0.25, 0.3) is 0 Å². The first-order chi connectivity index (χ1) is 8.17. The van der Waals surface area contributed by atoms with Crippen LogP contribution in [0.2, 0.25) is 0 Å². The van der Waals surface area contributed by atoms with Crippen LogP contribution in [-0.2, 0) is 9.84 Å².